The first-order valence-corrected chi connectivity index (χ1v) is 10.1. The summed E-state index contributed by atoms with van der Waals surface area (Å²) in [7, 11) is -3.48. The summed E-state index contributed by atoms with van der Waals surface area (Å²) in [5, 5.41) is 2.88. The predicted octanol–water partition coefficient (Wildman–Crippen LogP) is 2.91. The second kappa shape index (κ2) is 8.42. The van der Waals surface area contributed by atoms with Crippen LogP contribution >= 0.6 is 0 Å². The molecular formula is C19H25N3O3S. The average Bonchev–Trinajstić information content (AvgIpc) is 2.62. The Morgan fingerprint density at radius 2 is 1.73 bits per heavy atom. The highest BCUT2D eigenvalue weighted by atomic mass is 32.2. The van der Waals surface area contributed by atoms with Gasteiger partial charge in [-0.05, 0) is 43.7 Å². The summed E-state index contributed by atoms with van der Waals surface area (Å²) in [5.41, 5.74) is 1.96. The van der Waals surface area contributed by atoms with Crippen LogP contribution in [0, 0.1) is 6.92 Å². The van der Waals surface area contributed by atoms with Gasteiger partial charge in [0.15, 0.2) is 0 Å². The highest BCUT2D eigenvalue weighted by Crippen LogP contribution is 2.19. The lowest BCUT2D eigenvalue weighted by molar-refractivity contribution is 0.0934. The minimum Gasteiger partial charge on any atom is -0.344 e. The predicted molar refractivity (Wildman–Crippen MR) is 101 cm³/mol. The maximum atomic E-state index is 12.5. The van der Waals surface area contributed by atoms with Crippen molar-refractivity contribution in [1.82, 2.24) is 14.6 Å². The van der Waals surface area contributed by atoms with Crippen LogP contribution < -0.4 is 5.32 Å². The molecule has 6 nitrogen and oxygen atoms in total. The van der Waals surface area contributed by atoms with Gasteiger partial charge in [0.25, 0.3) is 5.91 Å². The number of rotatable bonds is 7. The van der Waals surface area contributed by atoms with Crippen molar-refractivity contribution < 1.29 is 13.2 Å². The Labute approximate surface area is 155 Å². The van der Waals surface area contributed by atoms with Crippen LogP contribution in [0.1, 0.15) is 48.6 Å². The Balaban J connectivity index is 2.14. The van der Waals surface area contributed by atoms with E-state index >= 15 is 0 Å². The van der Waals surface area contributed by atoms with Crippen molar-refractivity contribution in [3.63, 3.8) is 0 Å². The molecule has 2 aromatic rings. The van der Waals surface area contributed by atoms with E-state index in [2.05, 4.69) is 10.3 Å². The van der Waals surface area contributed by atoms with Gasteiger partial charge in [-0.25, -0.2) is 13.4 Å². The van der Waals surface area contributed by atoms with E-state index in [9.17, 15) is 13.2 Å². The second-order valence-electron chi connectivity index (χ2n) is 6.02. The van der Waals surface area contributed by atoms with Crippen LogP contribution in [0.3, 0.4) is 0 Å². The molecule has 1 amide bonds. The first kappa shape index (κ1) is 20.1. The summed E-state index contributed by atoms with van der Waals surface area (Å²) >= 11 is 0. The number of aromatic nitrogens is 1. The third kappa shape index (κ3) is 4.47. The lowest BCUT2D eigenvalue weighted by atomic mass is 10.1. The van der Waals surface area contributed by atoms with Gasteiger partial charge in [-0.1, -0.05) is 32.0 Å². The topological polar surface area (TPSA) is 79.4 Å². The molecule has 0 aliphatic heterocycles. The third-order valence-corrected chi connectivity index (χ3v) is 6.26. The molecule has 0 bridgehead atoms. The lowest BCUT2D eigenvalue weighted by Gasteiger charge is -2.19. The van der Waals surface area contributed by atoms with Crippen LogP contribution in [-0.2, 0) is 10.0 Å². The maximum absolute atomic E-state index is 12.5. The smallest absolute Gasteiger partial charge is 0.270 e. The van der Waals surface area contributed by atoms with Gasteiger partial charge in [-0.3, -0.25) is 4.79 Å². The number of hydrogen-bond acceptors (Lipinski definition) is 4. The van der Waals surface area contributed by atoms with Crippen LogP contribution in [0.2, 0.25) is 0 Å². The van der Waals surface area contributed by atoms with E-state index in [0.717, 1.165) is 11.3 Å². The van der Waals surface area contributed by atoms with Gasteiger partial charge >= 0.3 is 0 Å². The molecule has 1 heterocycles. The average molecular weight is 375 g/mol. The van der Waals surface area contributed by atoms with Crippen LogP contribution in [0.4, 0.5) is 0 Å². The zero-order valence-electron chi connectivity index (χ0n) is 15.6. The molecule has 2 rings (SSSR count). The molecule has 1 N–H and O–H groups in total. The molecule has 1 aromatic carbocycles. The van der Waals surface area contributed by atoms with Gasteiger partial charge in [0, 0.05) is 18.8 Å². The number of benzene rings is 1. The van der Waals surface area contributed by atoms with E-state index in [1.807, 2.05) is 33.8 Å². The monoisotopic (exact) mass is 375 g/mol. The molecule has 0 fully saturated rings. The van der Waals surface area contributed by atoms with Crippen molar-refractivity contribution >= 4 is 15.9 Å². The van der Waals surface area contributed by atoms with E-state index in [0.29, 0.717) is 18.8 Å². The fourth-order valence-electron chi connectivity index (χ4n) is 2.66. The fourth-order valence-corrected chi connectivity index (χ4v) is 4.12. The number of nitrogens with zero attached hydrogens (tertiary/aromatic N) is 2. The SMILES string of the molecule is CCN(CC)S(=O)(=O)c1ccc(C(C)NC(=O)c2cccc(C)n2)cc1. The molecule has 7 heteroatoms. The Morgan fingerprint density at radius 3 is 2.27 bits per heavy atom. The van der Waals surface area contributed by atoms with E-state index < -0.39 is 10.0 Å². The van der Waals surface area contributed by atoms with Gasteiger partial charge in [-0.2, -0.15) is 4.31 Å². The first-order valence-electron chi connectivity index (χ1n) is 8.64. The fraction of sp³-hybridized carbons (Fsp3) is 0.368. The molecule has 0 radical (unpaired) electrons. The number of sulfonamides is 1. The molecule has 0 aliphatic rings. The Bertz CT molecular complexity index is 860. The van der Waals surface area contributed by atoms with Crippen LogP contribution in [-0.4, -0.2) is 36.7 Å². The molecule has 0 saturated carbocycles. The maximum Gasteiger partial charge on any atom is 0.270 e. The van der Waals surface area contributed by atoms with E-state index in [1.54, 1.807) is 36.4 Å². The summed E-state index contributed by atoms with van der Waals surface area (Å²) in [6.45, 7) is 8.16. The molecule has 26 heavy (non-hydrogen) atoms. The van der Waals surface area contributed by atoms with E-state index in [-0.39, 0.29) is 16.8 Å². The van der Waals surface area contributed by atoms with Gasteiger partial charge in [0.05, 0.1) is 10.9 Å². The first-order chi connectivity index (χ1) is 12.3. The number of hydrogen-bond donors (Lipinski definition) is 1. The molecule has 0 spiro atoms. The number of carbonyl (C=O) groups excluding carboxylic acids is 1. The summed E-state index contributed by atoms with van der Waals surface area (Å²) in [4.78, 5) is 16.8. The lowest BCUT2D eigenvalue weighted by Crippen LogP contribution is -2.30. The number of amides is 1. The van der Waals surface area contributed by atoms with Crippen molar-refractivity contribution in [2.45, 2.75) is 38.6 Å². The van der Waals surface area contributed by atoms with Crippen LogP contribution in [0.15, 0.2) is 47.4 Å². The molecule has 1 unspecified atom stereocenters. The van der Waals surface area contributed by atoms with Crippen molar-refractivity contribution in [1.29, 1.82) is 0 Å². The van der Waals surface area contributed by atoms with Crippen molar-refractivity contribution in [2.24, 2.45) is 0 Å². The third-order valence-electron chi connectivity index (χ3n) is 4.19. The molecule has 0 saturated heterocycles. The highest BCUT2D eigenvalue weighted by molar-refractivity contribution is 7.89. The van der Waals surface area contributed by atoms with Crippen LogP contribution in [0.5, 0.6) is 0 Å². The molecule has 0 aliphatic carbocycles. The molecule has 1 aromatic heterocycles. The zero-order valence-corrected chi connectivity index (χ0v) is 16.4. The number of pyridine rings is 1. The largest absolute Gasteiger partial charge is 0.344 e. The van der Waals surface area contributed by atoms with Crippen LogP contribution in [0.25, 0.3) is 0 Å². The van der Waals surface area contributed by atoms with Gasteiger partial charge in [0.1, 0.15) is 5.69 Å². The zero-order chi connectivity index (χ0) is 19.3. The van der Waals surface area contributed by atoms with Crippen molar-refractivity contribution in [3.8, 4) is 0 Å². The summed E-state index contributed by atoms with van der Waals surface area (Å²) < 4.78 is 26.4. The van der Waals surface area contributed by atoms with Gasteiger partial charge < -0.3 is 5.32 Å². The molecular weight excluding hydrogens is 350 g/mol. The molecule has 1 atom stereocenters. The highest BCUT2D eigenvalue weighted by Gasteiger charge is 2.21. The summed E-state index contributed by atoms with van der Waals surface area (Å²) in [5.74, 6) is -0.263. The Morgan fingerprint density at radius 1 is 1.12 bits per heavy atom. The van der Waals surface area contributed by atoms with E-state index in [1.165, 1.54) is 4.31 Å². The number of aryl methyl sites for hydroxylation is 1. The minimum absolute atomic E-state index is 0.254. The normalized spacial score (nSPS) is 12.8. The second-order valence-corrected chi connectivity index (χ2v) is 7.96. The van der Waals surface area contributed by atoms with Gasteiger partial charge in [0.2, 0.25) is 10.0 Å². The van der Waals surface area contributed by atoms with Gasteiger partial charge in [-0.15, -0.1) is 0 Å². The Hall–Kier alpha value is -2.25. The quantitative estimate of drug-likeness (QED) is 0.807. The standard InChI is InChI=1S/C19H25N3O3S/c1-5-22(6-2)26(24,25)17-12-10-16(11-13-17)15(4)21-19(23)18-9-7-8-14(3)20-18/h7-13,15H,5-6H2,1-4H3,(H,21,23). The van der Waals surface area contributed by atoms with Crippen molar-refractivity contribution in [2.75, 3.05) is 13.1 Å². The van der Waals surface area contributed by atoms with E-state index in [4.69, 9.17) is 0 Å². The molecule has 140 valence electrons. The Kier molecular flexibility index (Phi) is 6.50. The summed E-state index contributed by atoms with van der Waals surface area (Å²) in [6, 6.07) is 11.6. The summed E-state index contributed by atoms with van der Waals surface area (Å²) in [6.07, 6.45) is 0. The van der Waals surface area contributed by atoms with Crippen molar-refractivity contribution in [3.05, 3.63) is 59.4 Å². The number of carbonyl (C=O) groups is 1. The minimum atomic E-state index is -3.48. The number of nitrogens with one attached hydrogen (secondary N) is 1.